The minimum atomic E-state index is -0.402. The van der Waals surface area contributed by atoms with Crippen LogP contribution in [0.25, 0.3) is 0 Å². The number of allylic oxidation sites excluding steroid dienone is 1. The summed E-state index contributed by atoms with van der Waals surface area (Å²) in [5, 5.41) is 7.41. The van der Waals surface area contributed by atoms with Gasteiger partial charge in [-0.3, -0.25) is 0 Å². The average Bonchev–Trinajstić information content (AvgIpc) is 3.01. The van der Waals surface area contributed by atoms with Crippen LogP contribution < -0.4 is 10.1 Å². The van der Waals surface area contributed by atoms with E-state index in [1.807, 2.05) is 52.0 Å². The predicted molar refractivity (Wildman–Crippen MR) is 93.3 cm³/mol. The van der Waals surface area contributed by atoms with Crippen LogP contribution in [0.15, 0.2) is 41.9 Å². The van der Waals surface area contributed by atoms with Gasteiger partial charge in [0.15, 0.2) is 0 Å². The van der Waals surface area contributed by atoms with Gasteiger partial charge in [-0.1, -0.05) is 12.1 Å². The van der Waals surface area contributed by atoms with E-state index in [0.717, 1.165) is 11.3 Å². The van der Waals surface area contributed by atoms with E-state index in [1.54, 1.807) is 4.68 Å². The molecule has 0 bridgehead atoms. The molecule has 7 nitrogen and oxygen atoms in total. The normalized spacial score (nSPS) is 16.4. The van der Waals surface area contributed by atoms with Crippen LogP contribution in [-0.4, -0.2) is 33.4 Å². The van der Waals surface area contributed by atoms with Crippen molar-refractivity contribution in [2.24, 2.45) is 0 Å². The molecule has 0 aliphatic carbocycles. The van der Waals surface area contributed by atoms with Crippen molar-refractivity contribution in [2.75, 3.05) is 11.9 Å². The largest absolute Gasteiger partial charge is 0.494 e. The Morgan fingerprint density at radius 1 is 1.32 bits per heavy atom. The maximum absolute atomic E-state index is 12.7. The summed E-state index contributed by atoms with van der Waals surface area (Å²) in [6.45, 7) is 8.05. The molecule has 0 spiro atoms. The van der Waals surface area contributed by atoms with E-state index in [0.29, 0.717) is 23.8 Å². The summed E-state index contributed by atoms with van der Waals surface area (Å²) in [7, 11) is 0. The fraction of sp³-hybridized carbons (Fsp3) is 0.389. The van der Waals surface area contributed by atoms with Crippen LogP contribution in [0.5, 0.6) is 5.75 Å². The number of carbonyl (C=O) groups is 1. The summed E-state index contributed by atoms with van der Waals surface area (Å²) in [4.78, 5) is 16.9. The molecule has 2 heterocycles. The molecule has 25 heavy (non-hydrogen) atoms. The van der Waals surface area contributed by atoms with Crippen molar-refractivity contribution >= 4 is 11.9 Å². The first-order valence-corrected chi connectivity index (χ1v) is 8.32. The third-order valence-corrected chi connectivity index (χ3v) is 3.86. The third kappa shape index (κ3) is 3.35. The molecule has 0 saturated heterocycles. The number of hydrogen-bond donors (Lipinski definition) is 1. The number of rotatable bonds is 5. The van der Waals surface area contributed by atoms with E-state index in [1.165, 1.54) is 6.33 Å². The van der Waals surface area contributed by atoms with Crippen LogP contribution in [0.2, 0.25) is 0 Å². The second kappa shape index (κ2) is 6.96. The third-order valence-electron chi connectivity index (χ3n) is 3.86. The first kappa shape index (κ1) is 17.0. The maximum atomic E-state index is 12.7. The van der Waals surface area contributed by atoms with Gasteiger partial charge in [0.25, 0.3) is 0 Å². The lowest BCUT2D eigenvalue weighted by Gasteiger charge is -2.28. The van der Waals surface area contributed by atoms with E-state index in [2.05, 4.69) is 15.4 Å². The minimum Gasteiger partial charge on any atom is -0.494 e. The topological polar surface area (TPSA) is 78.3 Å². The van der Waals surface area contributed by atoms with E-state index in [4.69, 9.17) is 9.47 Å². The quantitative estimate of drug-likeness (QED) is 0.842. The molecular formula is C18H22N4O3. The zero-order valence-electron chi connectivity index (χ0n) is 14.8. The molecule has 3 rings (SSSR count). The number of anilines is 1. The molecule has 132 valence electrons. The number of fused-ring (bicyclic) bond motifs is 1. The summed E-state index contributed by atoms with van der Waals surface area (Å²) < 4.78 is 12.6. The first-order chi connectivity index (χ1) is 12.0. The lowest BCUT2D eigenvalue weighted by Crippen LogP contribution is -2.30. The first-order valence-electron chi connectivity index (χ1n) is 8.32. The molecule has 1 aromatic carbocycles. The van der Waals surface area contributed by atoms with Gasteiger partial charge in [0, 0.05) is 5.70 Å². The molecule has 7 heteroatoms. The van der Waals surface area contributed by atoms with Gasteiger partial charge in [-0.15, -0.1) is 0 Å². The van der Waals surface area contributed by atoms with Crippen molar-refractivity contribution in [1.82, 2.24) is 14.8 Å². The highest BCUT2D eigenvalue weighted by Gasteiger charge is 2.34. The van der Waals surface area contributed by atoms with E-state index < -0.39 is 6.04 Å². The monoisotopic (exact) mass is 342 g/mol. The summed E-state index contributed by atoms with van der Waals surface area (Å²) in [6.07, 6.45) is 1.26. The standard InChI is InChI=1S/C18H22N4O3/c1-5-24-14-8-6-13(7-9-14)16-15(17(23)25-11(2)3)12(4)21-18-19-10-20-22(16)18/h6-11,16H,5H2,1-4H3,(H,19,20,21)/t16-/m0/s1. The zero-order chi connectivity index (χ0) is 18.0. The van der Waals surface area contributed by atoms with Gasteiger partial charge in [-0.2, -0.15) is 10.1 Å². The van der Waals surface area contributed by atoms with Gasteiger partial charge in [0.05, 0.1) is 18.3 Å². The molecule has 1 N–H and O–H groups in total. The molecule has 0 fully saturated rings. The molecule has 1 aliphatic rings. The summed E-state index contributed by atoms with van der Waals surface area (Å²) in [5.74, 6) is 1.02. The van der Waals surface area contributed by atoms with Crippen molar-refractivity contribution in [3.05, 3.63) is 47.4 Å². The lowest BCUT2D eigenvalue weighted by atomic mass is 9.95. The SMILES string of the molecule is CCOc1ccc([C@H]2C(C(=O)OC(C)C)=C(C)Nc3ncnn32)cc1. The number of carbonyl (C=O) groups excluding carboxylic acids is 1. The summed E-state index contributed by atoms with van der Waals surface area (Å²) in [5.41, 5.74) is 2.15. The maximum Gasteiger partial charge on any atom is 0.338 e. The van der Waals surface area contributed by atoms with Gasteiger partial charge in [-0.05, 0) is 45.4 Å². The average molecular weight is 342 g/mol. The second-order valence-electron chi connectivity index (χ2n) is 6.05. The lowest BCUT2D eigenvalue weighted by molar-refractivity contribution is -0.143. The van der Waals surface area contributed by atoms with Crippen LogP contribution in [0.1, 0.15) is 39.3 Å². The fourth-order valence-corrected chi connectivity index (χ4v) is 2.85. The predicted octanol–water partition coefficient (Wildman–Crippen LogP) is 2.92. The number of ether oxygens (including phenoxy) is 2. The van der Waals surface area contributed by atoms with Crippen molar-refractivity contribution < 1.29 is 14.3 Å². The minimum absolute atomic E-state index is 0.203. The number of benzene rings is 1. The Morgan fingerprint density at radius 2 is 2.04 bits per heavy atom. The molecule has 2 aromatic rings. The van der Waals surface area contributed by atoms with Crippen LogP contribution >= 0.6 is 0 Å². The van der Waals surface area contributed by atoms with Crippen LogP contribution in [0, 0.1) is 0 Å². The van der Waals surface area contributed by atoms with Crippen LogP contribution in [0.3, 0.4) is 0 Å². The Morgan fingerprint density at radius 3 is 2.68 bits per heavy atom. The fourth-order valence-electron chi connectivity index (χ4n) is 2.85. The summed E-state index contributed by atoms with van der Waals surface area (Å²) >= 11 is 0. The Hall–Kier alpha value is -2.83. The van der Waals surface area contributed by atoms with E-state index in [9.17, 15) is 4.79 Å². The molecule has 1 aliphatic heterocycles. The molecule has 1 atom stereocenters. The number of nitrogens with zero attached hydrogens (tertiary/aromatic N) is 3. The Balaban J connectivity index is 2.04. The van der Waals surface area contributed by atoms with E-state index >= 15 is 0 Å². The van der Waals surface area contributed by atoms with Gasteiger partial charge in [0.2, 0.25) is 5.95 Å². The molecular weight excluding hydrogens is 320 g/mol. The van der Waals surface area contributed by atoms with Gasteiger partial charge >= 0.3 is 5.97 Å². The zero-order valence-corrected chi connectivity index (χ0v) is 14.8. The molecule has 0 unspecified atom stereocenters. The molecule has 0 saturated carbocycles. The molecule has 0 radical (unpaired) electrons. The number of nitrogens with one attached hydrogen (secondary N) is 1. The van der Waals surface area contributed by atoms with Crippen molar-refractivity contribution in [2.45, 2.75) is 39.8 Å². The molecule has 1 aromatic heterocycles. The highest BCUT2D eigenvalue weighted by atomic mass is 16.5. The van der Waals surface area contributed by atoms with Crippen molar-refractivity contribution in [1.29, 1.82) is 0 Å². The Bertz CT molecular complexity index is 793. The number of aromatic nitrogens is 3. The van der Waals surface area contributed by atoms with E-state index in [-0.39, 0.29) is 12.1 Å². The summed E-state index contributed by atoms with van der Waals surface area (Å²) in [6, 6.07) is 7.24. The number of hydrogen-bond acceptors (Lipinski definition) is 6. The van der Waals surface area contributed by atoms with Gasteiger partial charge < -0.3 is 14.8 Å². The second-order valence-corrected chi connectivity index (χ2v) is 6.05. The Kier molecular flexibility index (Phi) is 4.74. The number of esters is 1. The van der Waals surface area contributed by atoms with Crippen LogP contribution in [-0.2, 0) is 9.53 Å². The van der Waals surface area contributed by atoms with Gasteiger partial charge in [0.1, 0.15) is 18.1 Å². The Labute approximate surface area is 146 Å². The highest BCUT2D eigenvalue weighted by Crippen LogP contribution is 2.35. The van der Waals surface area contributed by atoms with Gasteiger partial charge in [-0.25, -0.2) is 9.48 Å². The highest BCUT2D eigenvalue weighted by molar-refractivity contribution is 5.92. The van der Waals surface area contributed by atoms with Crippen molar-refractivity contribution in [3.63, 3.8) is 0 Å². The molecule has 0 amide bonds. The van der Waals surface area contributed by atoms with Crippen molar-refractivity contribution in [3.8, 4) is 5.75 Å². The van der Waals surface area contributed by atoms with Crippen LogP contribution in [0.4, 0.5) is 5.95 Å². The smallest absolute Gasteiger partial charge is 0.338 e.